The van der Waals surface area contributed by atoms with Crippen LogP contribution in [0.1, 0.15) is 30.7 Å². The zero-order valence-electron chi connectivity index (χ0n) is 14.7. The fourth-order valence-corrected chi connectivity index (χ4v) is 3.03. The van der Waals surface area contributed by atoms with Crippen LogP contribution in [0.25, 0.3) is 16.9 Å². The second-order valence-electron chi connectivity index (χ2n) is 6.76. The van der Waals surface area contributed by atoms with Crippen molar-refractivity contribution in [1.29, 1.82) is 0 Å². The Balaban J connectivity index is 2.28. The van der Waals surface area contributed by atoms with Crippen LogP contribution in [0.3, 0.4) is 0 Å². The molecule has 0 spiro atoms. The molecule has 3 rings (SSSR count). The summed E-state index contributed by atoms with van der Waals surface area (Å²) in [4.78, 5) is 0. The van der Waals surface area contributed by atoms with Gasteiger partial charge in [0.25, 0.3) is 0 Å². The summed E-state index contributed by atoms with van der Waals surface area (Å²) in [5, 5.41) is 15.7. The van der Waals surface area contributed by atoms with Crippen LogP contribution < -0.4 is 0 Å². The van der Waals surface area contributed by atoms with Crippen LogP contribution >= 0.6 is 0 Å². The topological polar surface area (TPSA) is 38.1 Å². The number of aryl methyl sites for hydroxylation is 2. The fraction of sp³-hybridized carbons (Fsp3) is 0.286. The van der Waals surface area contributed by atoms with Crippen LogP contribution in [-0.4, -0.2) is 14.9 Å². The van der Waals surface area contributed by atoms with Gasteiger partial charge in [-0.05, 0) is 43.4 Å². The molecule has 0 aliphatic carbocycles. The Morgan fingerprint density at radius 3 is 2.21 bits per heavy atom. The number of aromatic hydroxyl groups is 1. The molecule has 3 nitrogen and oxygen atoms in total. The molecule has 2 aromatic carbocycles. The summed E-state index contributed by atoms with van der Waals surface area (Å²) >= 11 is 0. The first-order chi connectivity index (χ1) is 11.5. The van der Waals surface area contributed by atoms with Crippen molar-refractivity contribution in [2.75, 3.05) is 0 Å². The van der Waals surface area contributed by atoms with E-state index in [4.69, 9.17) is 5.10 Å². The van der Waals surface area contributed by atoms with E-state index < -0.39 is 0 Å². The van der Waals surface area contributed by atoms with Crippen LogP contribution in [0.4, 0.5) is 0 Å². The average molecular weight is 320 g/mol. The van der Waals surface area contributed by atoms with Crippen LogP contribution in [0.5, 0.6) is 5.75 Å². The minimum atomic E-state index is 0.293. The standard InChI is InChI=1S/C21H24N2O/c1-14(2)13-18-21(24)20(17-11-7-5-9-15(17)3)23(22-18)19-12-8-6-10-16(19)4/h5-12,14,24H,13H2,1-4H3. The van der Waals surface area contributed by atoms with Gasteiger partial charge >= 0.3 is 0 Å². The molecule has 3 heteroatoms. The highest BCUT2D eigenvalue weighted by Crippen LogP contribution is 2.37. The molecule has 24 heavy (non-hydrogen) atoms. The maximum Gasteiger partial charge on any atom is 0.165 e. The predicted octanol–water partition coefficient (Wildman–Crippen LogP) is 5.06. The second-order valence-corrected chi connectivity index (χ2v) is 6.76. The number of hydrogen-bond donors (Lipinski definition) is 1. The molecule has 3 aromatic rings. The van der Waals surface area contributed by atoms with Crippen molar-refractivity contribution in [3.05, 3.63) is 65.4 Å². The number of para-hydroxylation sites is 1. The highest BCUT2D eigenvalue weighted by atomic mass is 16.3. The van der Waals surface area contributed by atoms with Gasteiger partial charge < -0.3 is 5.11 Å². The van der Waals surface area contributed by atoms with Gasteiger partial charge in [-0.3, -0.25) is 0 Å². The SMILES string of the molecule is Cc1ccccc1-c1c(O)c(CC(C)C)nn1-c1ccccc1C. The summed E-state index contributed by atoms with van der Waals surface area (Å²) in [7, 11) is 0. The lowest BCUT2D eigenvalue weighted by Crippen LogP contribution is -2.03. The van der Waals surface area contributed by atoms with Gasteiger partial charge in [-0.25, -0.2) is 4.68 Å². The van der Waals surface area contributed by atoms with Crippen molar-refractivity contribution in [3.63, 3.8) is 0 Å². The highest BCUT2D eigenvalue weighted by molar-refractivity contribution is 5.73. The van der Waals surface area contributed by atoms with Gasteiger partial charge in [0, 0.05) is 5.56 Å². The third-order valence-electron chi connectivity index (χ3n) is 4.28. The Hall–Kier alpha value is -2.55. The van der Waals surface area contributed by atoms with E-state index in [2.05, 4.69) is 39.8 Å². The molecule has 1 N–H and O–H groups in total. The Morgan fingerprint density at radius 2 is 1.58 bits per heavy atom. The molecule has 0 radical (unpaired) electrons. The average Bonchev–Trinajstić information content (AvgIpc) is 2.84. The van der Waals surface area contributed by atoms with Gasteiger partial charge in [0.1, 0.15) is 11.4 Å². The molecule has 0 saturated heterocycles. The minimum absolute atomic E-state index is 0.293. The van der Waals surface area contributed by atoms with Crippen LogP contribution in [0.2, 0.25) is 0 Å². The number of nitrogens with zero attached hydrogens (tertiary/aromatic N) is 2. The number of rotatable bonds is 4. The van der Waals surface area contributed by atoms with Gasteiger partial charge in [-0.1, -0.05) is 56.3 Å². The Kier molecular flexibility index (Phi) is 4.43. The van der Waals surface area contributed by atoms with Gasteiger partial charge in [-0.15, -0.1) is 0 Å². The third kappa shape index (κ3) is 2.94. The molecule has 1 aromatic heterocycles. The van der Waals surface area contributed by atoms with E-state index >= 15 is 0 Å². The molecule has 0 aliphatic rings. The van der Waals surface area contributed by atoms with Gasteiger partial charge in [0.05, 0.1) is 5.69 Å². The summed E-state index contributed by atoms with van der Waals surface area (Å²) in [6.45, 7) is 8.41. The van der Waals surface area contributed by atoms with E-state index in [1.54, 1.807) is 0 Å². The normalized spacial score (nSPS) is 11.2. The number of aromatic nitrogens is 2. The summed E-state index contributed by atoms with van der Waals surface area (Å²) in [5.41, 5.74) is 5.80. The lowest BCUT2D eigenvalue weighted by atomic mass is 10.0. The third-order valence-corrected chi connectivity index (χ3v) is 4.28. The van der Waals surface area contributed by atoms with Crippen molar-refractivity contribution in [2.24, 2.45) is 5.92 Å². The van der Waals surface area contributed by atoms with E-state index in [0.29, 0.717) is 11.7 Å². The highest BCUT2D eigenvalue weighted by Gasteiger charge is 2.22. The molecular weight excluding hydrogens is 296 g/mol. The maximum absolute atomic E-state index is 10.9. The van der Waals surface area contributed by atoms with Gasteiger partial charge in [0.2, 0.25) is 0 Å². The quantitative estimate of drug-likeness (QED) is 0.729. The van der Waals surface area contributed by atoms with E-state index in [1.165, 1.54) is 0 Å². The van der Waals surface area contributed by atoms with E-state index in [9.17, 15) is 5.11 Å². The Bertz CT molecular complexity index is 862. The smallest absolute Gasteiger partial charge is 0.165 e. The molecule has 1 heterocycles. The first kappa shape index (κ1) is 16.3. The zero-order valence-corrected chi connectivity index (χ0v) is 14.7. The van der Waals surface area contributed by atoms with Crippen molar-refractivity contribution < 1.29 is 5.11 Å². The first-order valence-corrected chi connectivity index (χ1v) is 8.42. The number of benzene rings is 2. The van der Waals surface area contributed by atoms with Crippen LogP contribution in [-0.2, 0) is 6.42 Å². The van der Waals surface area contributed by atoms with Gasteiger partial charge in [-0.2, -0.15) is 5.10 Å². The van der Waals surface area contributed by atoms with E-state index in [0.717, 1.165) is 40.2 Å². The Morgan fingerprint density at radius 1 is 0.958 bits per heavy atom. The van der Waals surface area contributed by atoms with Crippen molar-refractivity contribution in [3.8, 4) is 22.7 Å². The minimum Gasteiger partial charge on any atom is -0.504 e. The van der Waals surface area contributed by atoms with Crippen molar-refractivity contribution in [1.82, 2.24) is 9.78 Å². The molecular formula is C21H24N2O. The zero-order chi connectivity index (χ0) is 17.3. The number of hydrogen-bond acceptors (Lipinski definition) is 2. The Labute approximate surface area is 143 Å². The molecule has 0 unspecified atom stereocenters. The molecule has 0 amide bonds. The largest absolute Gasteiger partial charge is 0.504 e. The molecule has 0 fully saturated rings. The van der Waals surface area contributed by atoms with E-state index in [1.807, 2.05) is 41.1 Å². The molecule has 0 bridgehead atoms. The first-order valence-electron chi connectivity index (χ1n) is 8.42. The van der Waals surface area contributed by atoms with Crippen LogP contribution in [0, 0.1) is 19.8 Å². The summed E-state index contributed by atoms with van der Waals surface area (Å²) < 4.78 is 1.89. The summed E-state index contributed by atoms with van der Waals surface area (Å²) in [5.74, 6) is 0.724. The lowest BCUT2D eigenvalue weighted by Gasteiger charge is -2.12. The monoisotopic (exact) mass is 320 g/mol. The van der Waals surface area contributed by atoms with E-state index in [-0.39, 0.29) is 0 Å². The fourth-order valence-electron chi connectivity index (χ4n) is 3.03. The maximum atomic E-state index is 10.9. The predicted molar refractivity (Wildman–Crippen MR) is 98.7 cm³/mol. The molecule has 0 atom stereocenters. The summed E-state index contributed by atoms with van der Waals surface area (Å²) in [6.07, 6.45) is 0.754. The second kappa shape index (κ2) is 6.52. The molecule has 0 aliphatic heterocycles. The molecule has 124 valence electrons. The molecule has 0 saturated carbocycles. The summed E-state index contributed by atoms with van der Waals surface area (Å²) in [6, 6.07) is 16.3. The lowest BCUT2D eigenvalue weighted by molar-refractivity contribution is 0.464. The van der Waals surface area contributed by atoms with Crippen molar-refractivity contribution in [2.45, 2.75) is 34.1 Å². The van der Waals surface area contributed by atoms with Crippen molar-refractivity contribution >= 4 is 0 Å². The van der Waals surface area contributed by atoms with Gasteiger partial charge in [0.15, 0.2) is 5.75 Å². The van der Waals surface area contributed by atoms with Crippen LogP contribution in [0.15, 0.2) is 48.5 Å².